The van der Waals surface area contributed by atoms with Gasteiger partial charge >= 0.3 is 23.9 Å². The van der Waals surface area contributed by atoms with Crippen molar-refractivity contribution in [2.75, 3.05) is 53.8 Å². The molecule has 27 heteroatoms. The van der Waals surface area contributed by atoms with Gasteiger partial charge < -0.3 is 48.8 Å². The Bertz CT molecular complexity index is 4470. The highest BCUT2D eigenvalue weighted by atomic mass is 32.2. The first-order valence-electron chi connectivity index (χ1n) is 28.1. The number of nitriles is 1. The number of aromatic carboxylic acids is 4. The monoisotopic (exact) mass is 1340 g/mol. The third kappa shape index (κ3) is 20.5. The quantitative estimate of drug-likeness (QED) is 0.0214. The van der Waals surface area contributed by atoms with Crippen LogP contribution in [0.2, 0.25) is 0 Å². The number of aryl methyl sites for hydroxylation is 1. The van der Waals surface area contributed by atoms with Gasteiger partial charge in [-0.05, 0) is 158 Å². The SMILES string of the molecule is CCc1ccc(S(=O)(=O)Nc2ccccc2OCCOc2ccc(C(=O)O)cc2)cc1.N#Cc1ccccc1S(=O)(=O)Nc1ccccc1OCCOc1ccc(C(=O)O)cc1.O=C(O)c1ccc(OCCOc2ccccc2NS(=O)(=O)c2ccccc2C(=O)O)cc1. The van der Waals surface area contributed by atoms with E-state index in [1.165, 1.54) is 109 Å². The minimum Gasteiger partial charge on any atom is -0.490 e. The molecule has 24 nitrogen and oxygen atoms in total. The van der Waals surface area contributed by atoms with E-state index in [9.17, 15) is 54.8 Å². The third-order valence-electron chi connectivity index (χ3n) is 12.9. The molecule has 0 saturated heterocycles. The van der Waals surface area contributed by atoms with Crippen LogP contribution in [0.25, 0.3) is 0 Å². The average molecular weight is 1340 g/mol. The Balaban J connectivity index is 0.000000200. The van der Waals surface area contributed by atoms with Gasteiger partial charge in [0.2, 0.25) is 0 Å². The predicted molar refractivity (Wildman–Crippen MR) is 345 cm³/mol. The molecule has 94 heavy (non-hydrogen) atoms. The fraction of sp³-hybridized carbons (Fsp3) is 0.119. The van der Waals surface area contributed by atoms with Crippen LogP contribution >= 0.6 is 0 Å². The molecule has 0 radical (unpaired) electrons. The number of carboxylic acids is 4. The fourth-order valence-electron chi connectivity index (χ4n) is 8.22. The maximum Gasteiger partial charge on any atom is 0.337 e. The number of sulfonamides is 3. The molecule has 0 unspecified atom stereocenters. The first-order valence-corrected chi connectivity index (χ1v) is 32.5. The van der Waals surface area contributed by atoms with E-state index in [4.69, 9.17) is 43.7 Å². The summed E-state index contributed by atoms with van der Waals surface area (Å²) < 4.78 is 117. The van der Waals surface area contributed by atoms with Gasteiger partial charge in [-0.25, -0.2) is 44.4 Å². The normalized spacial score (nSPS) is 10.9. The molecule has 0 aliphatic heterocycles. The summed E-state index contributed by atoms with van der Waals surface area (Å²) in [6, 6.07) is 57.2. The zero-order valence-electron chi connectivity index (χ0n) is 49.7. The van der Waals surface area contributed by atoms with Crippen LogP contribution < -0.4 is 42.6 Å². The predicted octanol–water partition coefficient (Wildman–Crippen LogP) is 11.1. The molecule has 0 aliphatic carbocycles. The summed E-state index contributed by atoms with van der Waals surface area (Å²) in [4.78, 5) is 43.7. The summed E-state index contributed by atoms with van der Waals surface area (Å²) >= 11 is 0. The fourth-order valence-corrected chi connectivity index (χ4v) is 11.8. The van der Waals surface area contributed by atoms with Crippen molar-refractivity contribution >= 4 is 71.0 Å². The van der Waals surface area contributed by atoms with E-state index in [-0.39, 0.29) is 99.3 Å². The highest BCUT2D eigenvalue weighted by Gasteiger charge is 2.24. The lowest BCUT2D eigenvalue weighted by atomic mass is 10.2. The lowest BCUT2D eigenvalue weighted by Gasteiger charge is -2.15. The van der Waals surface area contributed by atoms with Crippen molar-refractivity contribution in [2.45, 2.75) is 28.0 Å². The second kappa shape index (κ2) is 33.5. The van der Waals surface area contributed by atoms with Gasteiger partial charge in [0.25, 0.3) is 30.1 Å². The molecule has 486 valence electrons. The number of nitrogens with zero attached hydrogens (tertiary/aromatic N) is 1. The molecule has 7 N–H and O–H groups in total. The van der Waals surface area contributed by atoms with Gasteiger partial charge in [0.15, 0.2) is 0 Å². The van der Waals surface area contributed by atoms with Crippen LogP contribution in [0.3, 0.4) is 0 Å². The lowest BCUT2D eigenvalue weighted by Crippen LogP contribution is -2.18. The van der Waals surface area contributed by atoms with Crippen LogP contribution in [-0.2, 0) is 36.5 Å². The number of para-hydroxylation sites is 6. The molecule has 0 amide bonds. The highest BCUT2D eigenvalue weighted by molar-refractivity contribution is 7.93. The summed E-state index contributed by atoms with van der Waals surface area (Å²) in [7, 11) is -11.9. The summed E-state index contributed by atoms with van der Waals surface area (Å²) in [6.07, 6.45) is 0.830. The Kier molecular flexibility index (Phi) is 24.9. The van der Waals surface area contributed by atoms with Gasteiger partial charge in [0, 0.05) is 0 Å². The smallest absolute Gasteiger partial charge is 0.337 e. The van der Waals surface area contributed by atoms with Gasteiger partial charge in [0.1, 0.15) is 90.0 Å². The molecular weight excluding hydrogens is 1280 g/mol. The molecule has 9 rings (SSSR count). The number of carbonyl (C=O) groups is 4. The number of benzene rings is 9. The topological polar surface area (TPSA) is 367 Å². The van der Waals surface area contributed by atoms with Gasteiger partial charge in [-0.1, -0.05) is 79.7 Å². The molecule has 0 heterocycles. The lowest BCUT2D eigenvalue weighted by molar-refractivity contribution is 0.0683. The van der Waals surface area contributed by atoms with Crippen LogP contribution in [0.4, 0.5) is 17.1 Å². The number of carboxylic acid groups (broad SMARTS) is 4. The number of ether oxygens (including phenoxy) is 6. The maximum atomic E-state index is 12.8. The van der Waals surface area contributed by atoms with Crippen LogP contribution in [0, 0.1) is 11.3 Å². The van der Waals surface area contributed by atoms with Crippen LogP contribution in [0.5, 0.6) is 34.5 Å². The summed E-state index contributed by atoms with van der Waals surface area (Å²) in [5.74, 6) is -2.07. The second-order valence-corrected chi connectivity index (χ2v) is 24.3. The van der Waals surface area contributed by atoms with Gasteiger partial charge in [0.05, 0.1) is 49.8 Å². The van der Waals surface area contributed by atoms with Crippen molar-refractivity contribution in [3.8, 4) is 40.6 Å². The second-order valence-electron chi connectivity index (χ2n) is 19.3. The van der Waals surface area contributed by atoms with Crippen molar-refractivity contribution < 1.29 is 93.3 Å². The van der Waals surface area contributed by atoms with E-state index in [1.54, 1.807) is 109 Å². The molecule has 0 aromatic heterocycles. The first-order chi connectivity index (χ1) is 45.1. The summed E-state index contributed by atoms with van der Waals surface area (Å²) in [6.45, 7) is 2.85. The Morgan fingerprint density at radius 2 is 0.691 bits per heavy atom. The van der Waals surface area contributed by atoms with E-state index in [0.29, 0.717) is 34.4 Å². The molecule has 0 atom stereocenters. The number of hydrogen-bond acceptors (Lipinski definition) is 17. The number of hydrogen-bond donors (Lipinski definition) is 7. The molecule has 0 saturated carbocycles. The maximum absolute atomic E-state index is 12.8. The average Bonchev–Trinajstić information content (AvgIpc) is 0.837. The van der Waals surface area contributed by atoms with Gasteiger partial charge in [-0.2, -0.15) is 5.26 Å². The number of nitrogens with one attached hydrogen (secondary N) is 3. The van der Waals surface area contributed by atoms with Crippen molar-refractivity contribution in [2.24, 2.45) is 0 Å². The van der Waals surface area contributed by atoms with Crippen molar-refractivity contribution in [1.82, 2.24) is 0 Å². The van der Waals surface area contributed by atoms with Crippen LogP contribution in [0.15, 0.2) is 233 Å². The van der Waals surface area contributed by atoms with E-state index in [1.807, 2.05) is 13.0 Å². The van der Waals surface area contributed by atoms with E-state index < -0.39 is 53.9 Å². The minimum atomic E-state index is -4.19. The Morgan fingerprint density at radius 1 is 0.372 bits per heavy atom. The Hall–Kier alpha value is -11.6. The first kappa shape index (κ1) is 69.9. The zero-order valence-corrected chi connectivity index (χ0v) is 52.2. The van der Waals surface area contributed by atoms with E-state index in [0.717, 1.165) is 12.0 Å². The molecule has 9 aromatic rings. The molecule has 0 spiro atoms. The molecule has 0 fully saturated rings. The van der Waals surface area contributed by atoms with Crippen LogP contribution in [-0.4, -0.2) is 109 Å². The van der Waals surface area contributed by atoms with E-state index in [2.05, 4.69) is 14.2 Å². The van der Waals surface area contributed by atoms with Gasteiger partial charge in [-0.15, -0.1) is 0 Å². The summed E-state index contributed by atoms with van der Waals surface area (Å²) in [5, 5.41) is 45.1. The molecular formula is C67H60N4O20S3. The third-order valence-corrected chi connectivity index (χ3v) is 17.1. The standard InChI is InChI=1S/C23H23NO6S.C22H18N2O6S.C22H19NO8S/c1-2-17-7-13-20(14-8-17)31(27,28)24-21-5-3-4-6-22(21)30-16-15-29-19-11-9-18(10-12-19)23(25)26;23-15-17-5-1-4-8-21(17)31(27,28)24-19-6-2-3-7-20(19)30-14-13-29-18-11-9-16(10-12-18)22(25)26;24-21(25)15-9-11-16(12-10-15)30-13-14-31-19-7-3-2-6-18(19)23-32(28,29)20-8-4-1-5-17(20)22(26)27/h3-14,24H,2,15-16H2,1H3,(H,25,26);1-12,24H,13-14H2,(H,25,26);1-12,23H,13-14H2,(H,24,25)(H,26,27). The van der Waals surface area contributed by atoms with Crippen molar-refractivity contribution in [1.29, 1.82) is 5.26 Å². The summed E-state index contributed by atoms with van der Waals surface area (Å²) in [5.41, 5.74) is 1.90. The van der Waals surface area contributed by atoms with Crippen molar-refractivity contribution in [3.63, 3.8) is 0 Å². The largest absolute Gasteiger partial charge is 0.490 e. The number of anilines is 3. The zero-order chi connectivity index (χ0) is 67.7. The number of rotatable bonds is 29. The molecule has 0 bridgehead atoms. The highest BCUT2D eigenvalue weighted by Crippen LogP contribution is 2.31. The Morgan fingerprint density at radius 3 is 1.05 bits per heavy atom. The van der Waals surface area contributed by atoms with Crippen LogP contribution in [0.1, 0.15) is 59.5 Å². The minimum absolute atomic E-state index is 0.0377. The van der Waals surface area contributed by atoms with Crippen molar-refractivity contribution in [3.05, 3.63) is 252 Å². The Labute approximate surface area is 540 Å². The van der Waals surface area contributed by atoms with Gasteiger partial charge in [-0.3, -0.25) is 14.2 Å². The van der Waals surface area contributed by atoms with E-state index >= 15 is 0 Å². The molecule has 0 aliphatic rings. The molecule has 9 aromatic carbocycles.